The molecule has 0 spiro atoms. The molecule has 34 heavy (non-hydrogen) atoms. The van der Waals surface area contributed by atoms with Crippen LogP contribution < -0.4 is 14.4 Å². The van der Waals surface area contributed by atoms with E-state index in [4.69, 9.17) is 9.47 Å². The Hall–Kier alpha value is -3.63. The Bertz CT molecular complexity index is 1150. The Morgan fingerprint density at radius 3 is 2.71 bits per heavy atom. The van der Waals surface area contributed by atoms with Gasteiger partial charge in [0.1, 0.15) is 0 Å². The van der Waals surface area contributed by atoms with E-state index in [0.29, 0.717) is 49.2 Å². The van der Waals surface area contributed by atoms with E-state index in [-0.39, 0.29) is 30.5 Å². The average molecular weight is 475 g/mol. The molecule has 0 aromatic carbocycles. The number of amides is 1. The molecule has 11 heteroatoms. The zero-order valence-corrected chi connectivity index (χ0v) is 18.6. The molecule has 0 aliphatic carbocycles. The maximum Gasteiger partial charge on any atom is 0.434 e. The quantitative estimate of drug-likeness (QED) is 0.608. The lowest BCUT2D eigenvalue weighted by Gasteiger charge is -2.25. The number of carbonyl (C=O) groups excluding carboxylic acids is 1. The third-order valence-electron chi connectivity index (χ3n) is 5.38. The number of ether oxygens (including phenoxy) is 2. The van der Waals surface area contributed by atoms with Gasteiger partial charge >= 0.3 is 6.18 Å². The van der Waals surface area contributed by atoms with Crippen LogP contribution in [0.5, 0.6) is 11.8 Å². The van der Waals surface area contributed by atoms with Gasteiger partial charge in [0.2, 0.25) is 5.88 Å². The van der Waals surface area contributed by atoms with E-state index in [9.17, 15) is 18.0 Å². The molecule has 4 rings (SSSR count). The lowest BCUT2D eigenvalue weighted by Crippen LogP contribution is -2.36. The fourth-order valence-corrected chi connectivity index (χ4v) is 3.75. The second-order valence-electron chi connectivity index (χ2n) is 7.82. The summed E-state index contributed by atoms with van der Waals surface area (Å²) in [6, 6.07) is 0. The number of alkyl halides is 3. The van der Waals surface area contributed by atoms with Gasteiger partial charge in [0.15, 0.2) is 17.2 Å². The highest BCUT2D eigenvalue weighted by Gasteiger charge is 2.37. The number of anilines is 1. The number of hydrogen-bond donors (Lipinski definition) is 0. The lowest BCUT2D eigenvalue weighted by molar-refractivity contribution is -0.141. The number of nitrogens with zero attached hydrogens (tertiary/aromatic N) is 5. The Kier molecular flexibility index (Phi) is 6.71. The van der Waals surface area contributed by atoms with E-state index in [1.54, 1.807) is 29.0 Å². The maximum atomic E-state index is 13.8. The summed E-state index contributed by atoms with van der Waals surface area (Å²) >= 11 is 0. The molecule has 0 radical (unpaired) electrons. The average Bonchev–Trinajstić information content (AvgIpc) is 3.18. The molecule has 2 aromatic heterocycles. The van der Waals surface area contributed by atoms with E-state index in [0.717, 1.165) is 6.42 Å². The van der Waals surface area contributed by atoms with Gasteiger partial charge in [0.05, 0.1) is 25.0 Å². The fourth-order valence-electron chi connectivity index (χ4n) is 3.75. The summed E-state index contributed by atoms with van der Waals surface area (Å²) in [6.07, 6.45) is 4.65. The zero-order valence-electron chi connectivity index (χ0n) is 18.6. The number of aryl methyl sites for hydroxylation is 1. The molecule has 2 aliphatic heterocycles. The van der Waals surface area contributed by atoms with Crippen molar-refractivity contribution in [1.29, 1.82) is 0 Å². The Balaban J connectivity index is 1.83. The molecule has 0 saturated carbocycles. The van der Waals surface area contributed by atoms with Crippen LogP contribution in [0.15, 0.2) is 37.1 Å². The first-order valence-electron chi connectivity index (χ1n) is 10.9. The van der Waals surface area contributed by atoms with Gasteiger partial charge in [-0.3, -0.25) is 9.69 Å². The van der Waals surface area contributed by atoms with Gasteiger partial charge in [-0.2, -0.15) is 18.3 Å². The Morgan fingerprint density at radius 2 is 1.94 bits per heavy atom. The van der Waals surface area contributed by atoms with Crippen LogP contribution in [0.25, 0.3) is 5.57 Å². The number of fused-ring (bicyclic) bond motifs is 2. The zero-order chi connectivity index (χ0) is 24.3. The van der Waals surface area contributed by atoms with Crippen LogP contribution in [0, 0.1) is 0 Å². The monoisotopic (exact) mass is 475 g/mol. The first kappa shape index (κ1) is 23.5. The van der Waals surface area contributed by atoms with Crippen molar-refractivity contribution in [3.05, 3.63) is 54.0 Å². The lowest BCUT2D eigenvalue weighted by atomic mass is 10.1. The molecule has 1 amide bonds. The summed E-state index contributed by atoms with van der Waals surface area (Å²) in [5.41, 5.74) is 0.0704. The highest BCUT2D eigenvalue weighted by Crippen LogP contribution is 2.36. The number of allylic oxidation sites excluding steroid dienone is 5. The van der Waals surface area contributed by atoms with Gasteiger partial charge < -0.3 is 9.47 Å². The molecular formula is C23H24F3N5O3. The molecule has 0 unspecified atom stereocenters. The van der Waals surface area contributed by atoms with Crippen molar-refractivity contribution in [2.75, 3.05) is 24.7 Å². The summed E-state index contributed by atoms with van der Waals surface area (Å²) in [5.74, 6) is -0.537. The molecule has 0 bridgehead atoms. The van der Waals surface area contributed by atoms with Gasteiger partial charge in [-0.15, -0.1) is 0 Å². The predicted molar refractivity (Wildman–Crippen MR) is 119 cm³/mol. The van der Waals surface area contributed by atoms with Gasteiger partial charge in [0.25, 0.3) is 11.8 Å². The number of rotatable bonds is 4. The molecule has 2 aromatic rings. The number of hydrogen-bond acceptors (Lipinski definition) is 6. The molecule has 0 saturated heterocycles. The second kappa shape index (κ2) is 9.70. The first-order valence-corrected chi connectivity index (χ1v) is 10.9. The minimum atomic E-state index is -4.72. The van der Waals surface area contributed by atoms with Crippen LogP contribution in [0.4, 0.5) is 19.0 Å². The van der Waals surface area contributed by atoms with Crippen LogP contribution in [0.3, 0.4) is 0 Å². The van der Waals surface area contributed by atoms with Crippen molar-refractivity contribution >= 4 is 17.3 Å². The van der Waals surface area contributed by atoms with Crippen LogP contribution >= 0.6 is 0 Å². The Morgan fingerprint density at radius 1 is 1.15 bits per heavy atom. The third-order valence-corrected chi connectivity index (χ3v) is 5.38. The summed E-state index contributed by atoms with van der Waals surface area (Å²) in [7, 11) is 0. The Labute approximate surface area is 194 Å². The molecular weight excluding hydrogens is 451 g/mol. The van der Waals surface area contributed by atoms with E-state index in [1.807, 2.05) is 6.92 Å². The van der Waals surface area contributed by atoms with Crippen molar-refractivity contribution in [1.82, 2.24) is 19.7 Å². The van der Waals surface area contributed by atoms with Gasteiger partial charge in [-0.1, -0.05) is 30.9 Å². The van der Waals surface area contributed by atoms with Crippen LogP contribution in [-0.4, -0.2) is 45.4 Å². The van der Waals surface area contributed by atoms with Gasteiger partial charge in [-0.05, 0) is 25.3 Å². The molecule has 0 atom stereocenters. The van der Waals surface area contributed by atoms with Crippen LogP contribution in [-0.2, 0) is 12.7 Å². The van der Waals surface area contributed by atoms with E-state index in [2.05, 4.69) is 21.6 Å². The molecule has 0 N–H and O–H groups in total. The number of aromatic nitrogens is 4. The summed E-state index contributed by atoms with van der Waals surface area (Å²) < 4.78 is 53.0. The van der Waals surface area contributed by atoms with Crippen LogP contribution in [0.1, 0.15) is 47.9 Å². The van der Waals surface area contributed by atoms with E-state index in [1.165, 1.54) is 4.90 Å². The smallest absolute Gasteiger partial charge is 0.434 e. The van der Waals surface area contributed by atoms with Gasteiger partial charge in [0, 0.05) is 19.5 Å². The fraction of sp³-hybridized carbons (Fsp3) is 0.391. The highest BCUT2D eigenvalue weighted by atomic mass is 19.4. The first-order chi connectivity index (χ1) is 16.3. The normalized spacial score (nSPS) is 16.7. The number of carbonyl (C=O) groups is 1. The van der Waals surface area contributed by atoms with E-state index < -0.39 is 17.8 Å². The second-order valence-corrected chi connectivity index (χ2v) is 7.82. The summed E-state index contributed by atoms with van der Waals surface area (Å²) in [5, 5.41) is 4.48. The van der Waals surface area contributed by atoms with Crippen LogP contribution in [0.2, 0.25) is 0 Å². The van der Waals surface area contributed by atoms with Crippen molar-refractivity contribution < 1.29 is 27.4 Å². The SMILES string of the molecule is C=C/C=C\C=C(/C)c1c(C(=O)N2CCCCOc3ncc(C(F)(F)F)nc32)nn2c1OCCC2. The topological polar surface area (TPSA) is 82.4 Å². The molecule has 4 heterocycles. The molecule has 180 valence electrons. The van der Waals surface area contributed by atoms with Crippen molar-refractivity contribution in [2.24, 2.45) is 0 Å². The van der Waals surface area contributed by atoms with Gasteiger partial charge in [-0.25, -0.2) is 14.6 Å². The molecule has 0 fully saturated rings. The maximum absolute atomic E-state index is 13.8. The highest BCUT2D eigenvalue weighted by molar-refractivity contribution is 6.08. The van der Waals surface area contributed by atoms with Crippen molar-refractivity contribution in [3.8, 4) is 11.8 Å². The van der Waals surface area contributed by atoms with E-state index >= 15 is 0 Å². The molecule has 8 nitrogen and oxygen atoms in total. The summed E-state index contributed by atoms with van der Waals surface area (Å²) in [6.45, 7) is 6.90. The van der Waals surface area contributed by atoms with Crippen molar-refractivity contribution in [3.63, 3.8) is 0 Å². The minimum Gasteiger partial charge on any atom is -0.477 e. The third kappa shape index (κ3) is 4.68. The summed E-state index contributed by atoms with van der Waals surface area (Å²) in [4.78, 5) is 22.5. The standard InChI is InChI=1S/C23H24F3N5O3/c1-3-4-5-9-15(2)17-18(29-31-11-8-13-34-22(17)31)21(32)30-10-6-7-12-33-20-19(30)28-16(14-27-20)23(24,25)26/h3-5,9,14H,1,6-8,10-13H2,2H3/b5-4-,15-9+. The molecule has 2 aliphatic rings. The predicted octanol–water partition coefficient (Wildman–Crippen LogP) is 4.44. The largest absolute Gasteiger partial charge is 0.477 e. The minimum absolute atomic E-state index is 0.0726. The number of halogens is 3. The van der Waals surface area contributed by atoms with Crippen molar-refractivity contribution in [2.45, 2.75) is 38.9 Å².